The van der Waals surface area contributed by atoms with E-state index in [1.807, 2.05) is 32.9 Å². The van der Waals surface area contributed by atoms with E-state index in [-0.39, 0.29) is 16.9 Å². The van der Waals surface area contributed by atoms with Crippen LogP contribution in [0.15, 0.2) is 29.2 Å². The molecule has 0 saturated heterocycles. The number of benzene rings is 1. The van der Waals surface area contributed by atoms with Gasteiger partial charge in [-0.05, 0) is 62.4 Å². The molecule has 2 rings (SSSR count). The second-order valence-electron chi connectivity index (χ2n) is 6.28. The Hall–Kier alpha value is -1.17. The molecule has 0 bridgehead atoms. The van der Waals surface area contributed by atoms with Crippen LogP contribution in [0.2, 0.25) is 0 Å². The Labute approximate surface area is 133 Å². The van der Waals surface area contributed by atoms with E-state index in [4.69, 9.17) is 0 Å². The van der Waals surface area contributed by atoms with E-state index >= 15 is 0 Å². The first kappa shape index (κ1) is 17.2. The molecule has 0 aromatic heterocycles. The third-order valence-electron chi connectivity index (χ3n) is 4.76. The molecule has 0 radical (unpaired) electrons. The van der Waals surface area contributed by atoms with Crippen molar-refractivity contribution in [1.82, 2.24) is 4.72 Å². The lowest BCUT2D eigenvalue weighted by molar-refractivity contribution is 0.0499. The summed E-state index contributed by atoms with van der Waals surface area (Å²) in [4.78, 5) is 0.279. The lowest BCUT2D eigenvalue weighted by atomic mass is 9.69. The first-order valence-corrected chi connectivity index (χ1v) is 9.16. The fourth-order valence-corrected chi connectivity index (χ4v) is 3.93. The molecule has 0 spiro atoms. The molecule has 122 valence electrons. The monoisotopic (exact) mass is 323 g/mol. The summed E-state index contributed by atoms with van der Waals surface area (Å²) in [6, 6.07) is 5.19. The van der Waals surface area contributed by atoms with Crippen LogP contribution in [0.25, 0.3) is 5.57 Å². The maximum absolute atomic E-state index is 12.5. The van der Waals surface area contributed by atoms with Gasteiger partial charge in [0, 0.05) is 18.6 Å². The SMILES string of the molecule is C/C=C(\C)c1cc(S(=O)(=O)NCC2(CO)CCC2)ccc1C. The zero-order chi connectivity index (χ0) is 16.4. The number of hydrogen-bond donors (Lipinski definition) is 2. The minimum absolute atomic E-state index is 0.0341. The summed E-state index contributed by atoms with van der Waals surface area (Å²) in [7, 11) is -3.55. The topological polar surface area (TPSA) is 66.4 Å². The molecule has 2 N–H and O–H groups in total. The van der Waals surface area contributed by atoms with E-state index in [2.05, 4.69) is 4.72 Å². The van der Waals surface area contributed by atoms with E-state index in [0.29, 0.717) is 6.54 Å². The van der Waals surface area contributed by atoms with Crippen molar-refractivity contribution < 1.29 is 13.5 Å². The van der Waals surface area contributed by atoms with Crippen LogP contribution in [-0.4, -0.2) is 26.7 Å². The number of nitrogens with one attached hydrogen (secondary N) is 1. The van der Waals surface area contributed by atoms with Crippen molar-refractivity contribution in [2.45, 2.75) is 44.9 Å². The van der Waals surface area contributed by atoms with Crippen LogP contribution in [0.5, 0.6) is 0 Å². The maximum atomic E-state index is 12.5. The quantitative estimate of drug-likeness (QED) is 0.846. The van der Waals surface area contributed by atoms with Crippen LogP contribution in [0.3, 0.4) is 0 Å². The number of hydrogen-bond acceptors (Lipinski definition) is 3. The molecule has 0 unspecified atom stereocenters. The summed E-state index contributed by atoms with van der Waals surface area (Å²) >= 11 is 0. The lowest BCUT2D eigenvalue weighted by Crippen LogP contribution is -2.44. The molecule has 0 amide bonds. The van der Waals surface area contributed by atoms with E-state index in [1.54, 1.807) is 12.1 Å². The third kappa shape index (κ3) is 3.42. The second kappa shape index (κ2) is 6.52. The molecule has 1 aromatic rings. The molecule has 0 heterocycles. The molecule has 1 aromatic carbocycles. The molecule has 22 heavy (non-hydrogen) atoms. The van der Waals surface area contributed by atoms with Crippen molar-refractivity contribution in [2.75, 3.05) is 13.2 Å². The third-order valence-corrected chi connectivity index (χ3v) is 6.16. The minimum atomic E-state index is -3.55. The maximum Gasteiger partial charge on any atom is 0.240 e. The minimum Gasteiger partial charge on any atom is -0.396 e. The van der Waals surface area contributed by atoms with Crippen molar-refractivity contribution in [2.24, 2.45) is 5.41 Å². The normalized spacial score (nSPS) is 18.1. The van der Waals surface area contributed by atoms with Gasteiger partial charge in [0.1, 0.15) is 0 Å². The molecule has 0 aliphatic heterocycles. The predicted octanol–water partition coefficient (Wildman–Crippen LogP) is 2.86. The number of aliphatic hydroxyl groups is 1. The predicted molar refractivity (Wildman–Crippen MR) is 89.1 cm³/mol. The summed E-state index contributed by atoms with van der Waals surface area (Å²) in [5.74, 6) is 0. The zero-order valence-electron chi connectivity index (χ0n) is 13.5. The summed E-state index contributed by atoms with van der Waals surface area (Å²) < 4.78 is 27.7. The van der Waals surface area contributed by atoms with Crippen molar-refractivity contribution in [3.8, 4) is 0 Å². The Morgan fingerprint density at radius 2 is 2.09 bits per heavy atom. The average molecular weight is 323 g/mol. The molecule has 1 saturated carbocycles. The molecular formula is C17H25NO3S. The summed E-state index contributed by atoms with van der Waals surface area (Å²) in [6.07, 6.45) is 4.78. The number of aliphatic hydroxyl groups excluding tert-OH is 1. The summed E-state index contributed by atoms with van der Waals surface area (Å²) in [6.45, 7) is 6.22. The smallest absolute Gasteiger partial charge is 0.240 e. The molecule has 1 aliphatic rings. The van der Waals surface area contributed by atoms with Crippen molar-refractivity contribution in [3.63, 3.8) is 0 Å². The molecule has 4 nitrogen and oxygen atoms in total. The first-order valence-electron chi connectivity index (χ1n) is 7.68. The summed E-state index contributed by atoms with van der Waals surface area (Å²) in [5, 5.41) is 9.45. The first-order chi connectivity index (χ1) is 10.3. The van der Waals surface area contributed by atoms with Gasteiger partial charge < -0.3 is 5.11 Å². The highest BCUT2D eigenvalue weighted by Crippen LogP contribution is 2.39. The van der Waals surface area contributed by atoms with Gasteiger partial charge in [-0.3, -0.25) is 0 Å². The van der Waals surface area contributed by atoms with Gasteiger partial charge in [0.2, 0.25) is 10.0 Å². The van der Waals surface area contributed by atoms with E-state index in [0.717, 1.165) is 36.0 Å². The van der Waals surface area contributed by atoms with Crippen LogP contribution in [-0.2, 0) is 10.0 Å². The molecule has 0 atom stereocenters. The van der Waals surface area contributed by atoms with Crippen LogP contribution in [0.1, 0.15) is 44.2 Å². The Bertz CT molecular complexity index is 668. The second-order valence-corrected chi connectivity index (χ2v) is 8.05. The number of allylic oxidation sites excluding steroid dienone is 2. The van der Waals surface area contributed by atoms with Gasteiger partial charge in [0.05, 0.1) is 4.90 Å². The molecule has 1 fully saturated rings. The van der Waals surface area contributed by atoms with Crippen LogP contribution >= 0.6 is 0 Å². The van der Waals surface area contributed by atoms with Crippen molar-refractivity contribution in [3.05, 3.63) is 35.4 Å². The highest BCUT2D eigenvalue weighted by Gasteiger charge is 2.37. The Kier molecular flexibility index (Phi) is 5.10. The van der Waals surface area contributed by atoms with Crippen molar-refractivity contribution >= 4 is 15.6 Å². The molecular weight excluding hydrogens is 298 g/mol. The number of sulfonamides is 1. The van der Waals surface area contributed by atoms with Crippen LogP contribution in [0.4, 0.5) is 0 Å². The van der Waals surface area contributed by atoms with E-state index in [1.165, 1.54) is 0 Å². The Morgan fingerprint density at radius 1 is 1.41 bits per heavy atom. The van der Waals surface area contributed by atoms with Gasteiger partial charge in [-0.2, -0.15) is 0 Å². The van der Waals surface area contributed by atoms with Crippen LogP contribution < -0.4 is 4.72 Å². The number of rotatable bonds is 6. The highest BCUT2D eigenvalue weighted by molar-refractivity contribution is 7.89. The summed E-state index contributed by atoms with van der Waals surface area (Å²) in [5.41, 5.74) is 2.80. The number of aryl methyl sites for hydroxylation is 1. The average Bonchev–Trinajstić information content (AvgIpc) is 2.46. The fourth-order valence-electron chi connectivity index (χ4n) is 2.75. The molecule has 5 heteroatoms. The lowest BCUT2D eigenvalue weighted by Gasteiger charge is -2.40. The van der Waals surface area contributed by atoms with Gasteiger partial charge in [-0.15, -0.1) is 0 Å². The molecule has 1 aliphatic carbocycles. The van der Waals surface area contributed by atoms with Gasteiger partial charge in [0.15, 0.2) is 0 Å². The van der Waals surface area contributed by atoms with E-state index in [9.17, 15) is 13.5 Å². The van der Waals surface area contributed by atoms with E-state index < -0.39 is 10.0 Å². The van der Waals surface area contributed by atoms with Gasteiger partial charge in [-0.1, -0.05) is 18.6 Å². The van der Waals surface area contributed by atoms with Gasteiger partial charge in [-0.25, -0.2) is 13.1 Å². The van der Waals surface area contributed by atoms with Gasteiger partial charge >= 0.3 is 0 Å². The van der Waals surface area contributed by atoms with Crippen LogP contribution in [0, 0.1) is 12.3 Å². The van der Waals surface area contributed by atoms with Gasteiger partial charge in [0.25, 0.3) is 0 Å². The fraction of sp³-hybridized carbons (Fsp3) is 0.529. The Morgan fingerprint density at radius 3 is 2.59 bits per heavy atom. The Balaban J connectivity index is 2.22. The van der Waals surface area contributed by atoms with Crippen molar-refractivity contribution in [1.29, 1.82) is 0 Å². The standard InChI is InChI=1S/C17H25NO3S/c1-4-13(2)16-10-15(7-6-14(16)3)22(20,21)18-11-17(12-19)8-5-9-17/h4,6-7,10,18-19H,5,8-9,11-12H2,1-3H3/b13-4+. The highest BCUT2D eigenvalue weighted by atomic mass is 32.2. The largest absolute Gasteiger partial charge is 0.396 e. The zero-order valence-corrected chi connectivity index (χ0v) is 14.3.